The molecule has 3 rings (SSSR count). The quantitative estimate of drug-likeness (QED) is 0.271. The third-order valence-electron chi connectivity index (χ3n) is 5.61. The summed E-state index contributed by atoms with van der Waals surface area (Å²) in [5.41, 5.74) is 7.18. The van der Waals surface area contributed by atoms with Crippen molar-refractivity contribution in [2.45, 2.75) is 56.7 Å². The van der Waals surface area contributed by atoms with E-state index in [1.165, 1.54) is 0 Å². The third kappa shape index (κ3) is 5.85. The molecule has 1 saturated heterocycles. The maximum absolute atomic E-state index is 12.9. The highest BCUT2D eigenvalue weighted by atomic mass is 16.4. The van der Waals surface area contributed by atoms with Crippen molar-refractivity contribution in [2.24, 2.45) is 5.73 Å². The highest BCUT2D eigenvalue weighted by Crippen LogP contribution is 2.19. The van der Waals surface area contributed by atoms with E-state index < -0.39 is 35.9 Å². The van der Waals surface area contributed by atoms with Gasteiger partial charge in [-0.2, -0.15) is 0 Å². The van der Waals surface area contributed by atoms with Crippen molar-refractivity contribution >= 4 is 34.6 Å². The Morgan fingerprint density at radius 1 is 1.16 bits per heavy atom. The molecule has 1 aromatic carbocycles. The van der Waals surface area contributed by atoms with E-state index in [1.54, 1.807) is 6.20 Å². The summed E-state index contributed by atoms with van der Waals surface area (Å²) in [6.45, 7) is 0.444. The number of unbranched alkanes of at least 4 members (excludes halogenated alkanes) is 1. The largest absolute Gasteiger partial charge is 0.480 e. The monoisotopic (exact) mass is 443 g/mol. The van der Waals surface area contributed by atoms with Gasteiger partial charge in [-0.1, -0.05) is 18.2 Å². The first-order valence-electron chi connectivity index (χ1n) is 10.8. The molecule has 1 aliphatic heterocycles. The van der Waals surface area contributed by atoms with E-state index in [-0.39, 0.29) is 18.7 Å². The predicted molar refractivity (Wildman–Crippen MR) is 118 cm³/mol. The molecule has 32 heavy (non-hydrogen) atoms. The molecular weight excluding hydrogens is 414 g/mol. The van der Waals surface area contributed by atoms with Crippen LogP contribution in [0, 0.1) is 0 Å². The maximum Gasteiger partial charge on any atom is 0.326 e. The summed E-state index contributed by atoms with van der Waals surface area (Å²) in [4.78, 5) is 51.8. The van der Waals surface area contributed by atoms with Crippen molar-refractivity contribution in [1.29, 1.82) is 0 Å². The predicted octanol–water partition coefficient (Wildman–Crippen LogP) is 0.172. The Morgan fingerprint density at radius 2 is 1.94 bits per heavy atom. The molecule has 7 N–H and O–H groups in total. The van der Waals surface area contributed by atoms with Crippen LogP contribution in [0.25, 0.3) is 10.9 Å². The van der Waals surface area contributed by atoms with Gasteiger partial charge in [0, 0.05) is 29.9 Å². The second kappa shape index (κ2) is 10.8. The van der Waals surface area contributed by atoms with E-state index in [1.807, 2.05) is 24.3 Å². The molecule has 1 aliphatic rings. The van der Waals surface area contributed by atoms with Crippen LogP contribution in [0.1, 0.15) is 37.7 Å². The Balaban J connectivity index is 1.69. The summed E-state index contributed by atoms with van der Waals surface area (Å²) in [6.07, 6.45) is 4.01. The molecule has 10 nitrogen and oxygen atoms in total. The summed E-state index contributed by atoms with van der Waals surface area (Å²) < 4.78 is 0. The highest BCUT2D eigenvalue weighted by Gasteiger charge is 2.32. The van der Waals surface area contributed by atoms with Crippen molar-refractivity contribution in [1.82, 2.24) is 20.9 Å². The normalized spacial score (nSPS) is 17.5. The number of benzene rings is 1. The number of carbonyl (C=O) groups excluding carboxylic acids is 3. The van der Waals surface area contributed by atoms with Crippen LogP contribution in [0.2, 0.25) is 0 Å². The fraction of sp³-hybridized carbons (Fsp3) is 0.455. The molecule has 0 radical (unpaired) electrons. The lowest BCUT2D eigenvalue weighted by atomic mass is 10.0. The molecule has 0 spiro atoms. The van der Waals surface area contributed by atoms with Gasteiger partial charge in [0.1, 0.15) is 18.1 Å². The van der Waals surface area contributed by atoms with Crippen LogP contribution in [0.4, 0.5) is 0 Å². The lowest BCUT2D eigenvalue weighted by Gasteiger charge is -2.23. The van der Waals surface area contributed by atoms with Gasteiger partial charge in [-0.05, 0) is 43.9 Å². The second-order valence-corrected chi connectivity index (χ2v) is 7.97. The number of aromatic nitrogens is 1. The molecule has 2 unspecified atom stereocenters. The fourth-order valence-corrected chi connectivity index (χ4v) is 3.84. The molecule has 10 heteroatoms. The molecule has 1 aromatic heterocycles. The van der Waals surface area contributed by atoms with Gasteiger partial charge in [-0.3, -0.25) is 14.4 Å². The number of carboxylic acid groups (broad SMARTS) is 1. The smallest absolute Gasteiger partial charge is 0.326 e. The summed E-state index contributed by atoms with van der Waals surface area (Å²) in [7, 11) is 0. The Morgan fingerprint density at radius 3 is 2.62 bits per heavy atom. The number of hydrogen-bond donors (Lipinski definition) is 6. The van der Waals surface area contributed by atoms with Crippen molar-refractivity contribution in [3.63, 3.8) is 0 Å². The number of nitrogens with one attached hydrogen (secondary N) is 4. The first kappa shape index (κ1) is 23.3. The van der Waals surface area contributed by atoms with E-state index in [9.17, 15) is 24.3 Å². The minimum absolute atomic E-state index is 0.0905. The van der Waals surface area contributed by atoms with Gasteiger partial charge in [0.15, 0.2) is 0 Å². The zero-order valence-corrected chi connectivity index (χ0v) is 17.7. The lowest BCUT2D eigenvalue weighted by Crippen LogP contribution is -2.54. The first-order chi connectivity index (χ1) is 15.4. The number of rotatable bonds is 11. The Labute approximate surface area is 185 Å². The first-order valence-corrected chi connectivity index (χ1v) is 10.8. The number of aromatic amines is 1. The number of nitrogens with two attached hydrogens (primary N) is 1. The minimum Gasteiger partial charge on any atom is -0.480 e. The van der Waals surface area contributed by atoms with E-state index in [2.05, 4.69) is 20.9 Å². The highest BCUT2D eigenvalue weighted by molar-refractivity contribution is 5.95. The van der Waals surface area contributed by atoms with Crippen molar-refractivity contribution < 1.29 is 24.3 Å². The number of hydrogen-bond acceptors (Lipinski definition) is 5. The standard InChI is InChI=1S/C22H29N5O5/c23-10-4-3-7-16(26-21(30)17-8-9-19(28)25-17)20(29)27-18(22(31)32)11-13-12-24-15-6-2-1-5-14(13)15/h1-2,5-6,12,16-18,24H,3-4,7-11,23H2,(H,25,28)(H,26,30)(H,27,29)(H,31,32)/t16?,17-,18?/m0/s1. The van der Waals surface area contributed by atoms with E-state index >= 15 is 0 Å². The van der Waals surface area contributed by atoms with Crippen LogP contribution in [0.3, 0.4) is 0 Å². The molecule has 1 fully saturated rings. The number of H-pyrrole nitrogens is 1. The summed E-state index contributed by atoms with van der Waals surface area (Å²) >= 11 is 0. The molecule has 3 atom stereocenters. The van der Waals surface area contributed by atoms with Gasteiger partial charge in [-0.25, -0.2) is 4.79 Å². The van der Waals surface area contributed by atoms with Crippen LogP contribution in [-0.4, -0.2) is 58.5 Å². The zero-order valence-electron chi connectivity index (χ0n) is 17.7. The maximum atomic E-state index is 12.9. The molecule has 0 aliphatic carbocycles. The topological polar surface area (TPSA) is 166 Å². The van der Waals surface area contributed by atoms with Gasteiger partial charge in [0.05, 0.1) is 0 Å². The van der Waals surface area contributed by atoms with Crippen molar-refractivity contribution in [3.05, 3.63) is 36.0 Å². The number of carbonyl (C=O) groups is 4. The molecule has 0 saturated carbocycles. The zero-order chi connectivity index (χ0) is 23.1. The van der Waals surface area contributed by atoms with Crippen LogP contribution < -0.4 is 21.7 Å². The van der Waals surface area contributed by atoms with Crippen molar-refractivity contribution in [3.8, 4) is 0 Å². The average molecular weight is 444 g/mol. The van der Waals surface area contributed by atoms with Gasteiger partial charge < -0.3 is 31.8 Å². The molecular formula is C22H29N5O5. The lowest BCUT2D eigenvalue weighted by molar-refractivity contribution is -0.142. The number of fused-ring (bicyclic) bond motifs is 1. The number of aliphatic carboxylic acids is 1. The Hall–Kier alpha value is -3.40. The van der Waals surface area contributed by atoms with E-state index in [4.69, 9.17) is 5.73 Å². The molecule has 2 aromatic rings. The van der Waals surface area contributed by atoms with Crippen LogP contribution in [0.15, 0.2) is 30.5 Å². The molecule has 2 heterocycles. The Kier molecular flexibility index (Phi) is 7.82. The van der Waals surface area contributed by atoms with Gasteiger partial charge in [0.2, 0.25) is 17.7 Å². The van der Waals surface area contributed by atoms with E-state index in [0.717, 1.165) is 16.5 Å². The Bertz CT molecular complexity index is 988. The van der Waals surface area contributed by atoms with Gasteiger partial charge >= 0.3 is 5.97 Å². The van der Waals surface area contributed by atoms with Gasteiger partial charge in [-0.15, -0.1) is 0 Å². The number of para-hydroxylation sites is 1. The average Bonchev–Trinajstić information content (AvgIpc) is 3.39. The summed E-state index contributed by atoms with van der Waals surface area (Å²) in [5.74, 6) is -2.41. The molecule has 0 bridgehead atoms. The summed E-state index contributed by atoms with van der Waals surface area (Å²) in [5, 5.41) is 18.4. The minimum atomic E-state index is -1.17. The second-order valence-electron chi connectivity index (χ2n) is 7.97. The summed E-state index contributed by atoms with van der Waals surface area (Å²) in [6, 6.07) is 4.73. The third-order valence-corrected chi connectivity index (χ3v) is 5.61. The van der Waals surface area contributed by atoms with Crippen LogP contribution in [-0.2, 0) is 25.6 Å². The van der Waals surface area contributed by atoms with Crippen LogP contribution >= 0.6 is 0 Å². The molecule has 172 valence electrons. The van der Waals surface area contributed by atoms with Crippen LogP contribution in [0.5, 0.6) is 0 Å². The molecule has 3 amide bonds. The van der Waals surface area contributed by atoms with Gasteiger partial charge in [0.25, 0.3) is 0 Å². The number of carboxylic acids is 1. The van der Waals surface area contributed by atoms with Crippen molar-refractivity contribution in [2.75, 3.05) is 6.54 Å². The number of amides is 3. The van der Waals surface area contributed by atoms with E-state index in [0.29, 0.717) is 32.2 Å². The SMILES string of the molecule is NCCCCC(NC(=O)[C@@H]1CCC(=O)N1)C(=O)NC(Cc1c[nH]c2ccccc12)C(=O)O. The fourth-order valence-electron chi connectivity index (χ4n) is 3.84.